The van der Waals surface area contributed by atoms with Gasteiger partial charge in [0, 0.05) is 25.0 Å². The number of carbonyl (C=O) groups excluding carboxylic acids is 1. The molecule has 10 heteroatoms. The van der Waals surface area contributed by atoms with Gasteiger partial charge in [-0.2, -0.15) is 5.10 Å². The maximum Gasteiger partial charge on any atom is 0.291 e. The lowest BCUT2D eigenvalue weighted by atomic mass is 10.1. The highest BCUT2D eigenvalue weighted by Crippen LogP contribution is 2.32. The molecule has 8 nitrogen and oxygen atoms in total. The number of aliphatic hydroxyl groups is 1. The first-order valence-electron chi connectivity index (χ1n) is 10.2. The Morgan fingerprint density at radius 1 is 1.40 bits per heavy atom. The van der Waals surface area contributed by atoms with E-state index in [2.05, 4.69) is 15.3 Å². The molecule has 162 valence electrons. The van der Waals surface area contributed by atoms with Gasteiger partial charge >= 0.3 is 0 Å². The van der Waals surface area contributed by atoms with Crippen molar-refractivity contribution >= 4 is 44.6 Å². The van der Waals surface area contributed by atoms with E-state index in [1.807, 2.05) is 30.4 Å². The molecular formula is C20H26ClN5O3S. The van der Waals surface area contributed by atoms with Gasteiger partial charge in [0.1, 0.15) is 17.9 Å². The molecule has 0 bridgehead atoms. The molecule has 3 aromatic rings. The quantitative estimate of drug-likeness (QED) is 0.598. The van der Waals surface area contributed by atoms with Crippen LogP contribution in [-0.2, 0) is 11.3 Å². The number of hydrogen-bond donors (Lipinski definition) is 2. The highest BCUT2D eigenvalue weighted by molar-refractivity contribution is 7.22. The highest BCUT2D eigenvalue weighted by atomic mass is 35.5. The summed E-state index contributed by atoms with van der Waals surface area (Å²) in [6.45, 7) is 6.25. The van der Waals surface area contributed by atoms with E-state index in [9.17, 15) is 9.59 Å². The summed E-state index contributed by atoms with van der Waals surface area (Å²) in [4.78, 5) is 27.9. The average Bonchev–Trinajstić information content (AvgIpc) is 3.21. The molecule has 4 heterocycles. The van der Waals surface area contributed by atoms with E-state index in [4.69, 9.17) is 16.7 Å². The van der Waals surface area contributed by atoms with Crippen LogP contribution in [0.5, 0.6) is 0 Å². The fourth-order valence-corrected chi connectivity index (χ4v) is 5.28. The number of thiophene rings is 1. The predicted molar refractivity (Wildman–Crippen MR) is 119 cm³/mol. The fraction of sp³-hybridized carbons (Fsp3) is 0.550. The Morgan fingerprint density at radius 3 is 2.93 bits per heavy atom. The monoisotopic (exact) mass is 451 g/mol. The normalized spacial score (nSPS) is 18.0. The molecule has 1 aliphatic heterocycles. The second kappa shape index (κ2) is 8.66. The molecule has 0 unspecified atom stereocenters. The summed E-state index contributed by atoms with van der Waals surface area (Å²) in [6, 6.07) is 3.69. The van der Waals surface area contributed by atoms with E-state index >= 15 is 0 Å². The molecule has 0 radical (unpaired) electrons. The number of nitrogens with one attached hydrogen (secondary N) is 1. The zero-order chi connectivity index (χ0) is 21.4. The summed E-state index contributed by atoms with van der Waals surface area (Å²) >= 11 is 7.57. The zero-order valence-corrected chi connectivity index (χ0v) is 18.7. The molecule has 1 saturated heterocycles. The molecule has 0 spiro atoms. The van der Waals surface area contributed by atoms with Crippen molar-refractivity contribution in [1.29, 1.82) is 0 Å². The summed E-state index contributed by atoms with van der Waals surface area (Å²) < 4.78 is 4.71. The van der Waals surface area contributed by atoms with E-state index in [1.165, 1.54) is 16.0 Å². The van der Waals surface area contributed by atoms with Crippen LogP contribution in [0.2, 0.25) is 4.34 Å². The van der Waals surface area contributed by atoms with Gasteiger partial charge in [-0.3, -0.25) is 18.9 Å². The zero-order valence-electron chi connectivity index (χ0n) is 17.1. The highest BCUT2D eigenvalue weighted by Gasteiger charge is 2.23. The largest absolute Gasteiger partial charge is 0.395 e. The summed E-state index contributed by atoms with van der Waals surface area (Å²) in [5.41, 5.74) is 1.09. The minimum atomic E-state index is -0.292. The van der Waals surface area contributed by atoms with E-state index in [-0.39, 0.29) is 36.6 Å². The van der Waals surface area contributed by atoms with E-state index < -0.39 is 0 Å². The lowest BCUT2D eigenvalue weighted by Gasteiger charge is -2.32. The van der Waals surface area contributed by atoms with Crippen LogP contribution >= 0.6 is 22.9 Å². The van der Waals surface area contributed by atoms with Gasteiger partial charge in [0.05, 0.1) is 21.2 Å². The van der Waals surface area contributed by atoms with Crippen LogP contribution in [0, 0.1) is 0 Å². The molecule has 0 saturated carbocycles. The Morgan fingerprint density at radius 2 is 2.20 bits per heavy atom. The number of aliphatic hydroxyl groups excluding tert-OH is 1. The van der Waals surface area contributed by atoms with Crippen LogP contribution < -0.4 is 10.9 Å². The second-order valence-corrected chi connectivity index (χ2v) is 9.79. The number of hydrogen-bond acceptors (Lipinski definition) is 6. The number of piperidine rings is 1. The number of nitrogens with zero attached hydrogens (tertiary/aromatic N) is 4. The first kappa shape index (κ1) is 21.3. The molecule has 1 fully saturated rings. The molecule has 1 atom stereocenters. The molecule has 4 rings (SSSR count). The summed E-state index contributed by atoms with van der Waals surface area (Å²) in [5, 5.41) is 16.7. The van der Waals surface area contributed by atoms with Gasteiger partial charge in [0.15, 0.2) is 0 Å². The standard InChI is InChI=1S/C20H26ClN5O3S/c1-12(2)19-23-25(11-18(28)22-13-4-3-5-24(10-13)6-7-27)20(29)15-8-16-14(26(15)19)9-17(21)30-16/h8-9,12-13,27H,3-7,10-11H2,1-2H3,(H,22,28)/t13-/m1/s1. The first-order chi connectivity index (χ1) is 14.4. The maximum absolute atomic E-state index is 13.1. The third-order valence-electron chi connectivity index (χ3n) is 5.46. The number of fused-ring (bicyclic) bond motifs is 3. The Balaban J connectivity index is 1.60. The third kappa shape index (κ3) is 4.12. The van der Waals surface area contributed by atoms with Crippen molar-refractivity contribution in [3.8, 4) is 0 Å². The number of likely N-dealkylation sites (tertiary alicyclic amines) is 1. The van der Waals surface area contributed by atoms with E-state index in [0.29, 0.717) is 28.8 Å². The number of rotatable bonds is 6. The van der Waals surface area contributed by atoms with Crippen LogP contribution in [-0.4, -0.2) is 62.4 Å². The predicted octanol–water partition coefficient (Wildman–Crippen LogP) is 2.06. The third-order valence-corrected chi connectivity index (χ3v) is 6.66. The van der Waals surface area contributed by atoms with Crippen molar-refractivity contribution in [2.75, 3.05) is 26.2 Å². The van der Waals surface area contributed by atoms with Crippen molar-refractivity contribution in [2.24, 2.45) is 0 Å². The Labute approximate surface area is 183 Å². The number of aromatic nitrogens is 3. The smallest absolute Gasteiger partial charge is 0.291 e. The SMILES string of the molecule is CC(C)c1nn(CC(=O)N[C@@H]2CCCN(CCO)C2)c(=O)c2cc3sc(Cl)cc3n12. The van der Waals surface area contributed by atoms with Gasteiger partial charge in [-0.1, -0.05) is 25.4 Å². The average molecular weight is 452 g/mol. The summed E-state index contributed by atoms with van der Waals surface area (Å²) in [5.74, 6) is 0.548. The van der Waals surface area contributed by atoms with Crippen molar-refractivity contribution in [3.05, 3.63) is 32.6 Å². The lowest BCUT2D eigenvalue weighted by Crippen LogP contribution is -2.49. The molecule has 1 amide bonds. The molecule has 0 aromatic carbocycles. The van der Waals surface area contributed by atoms with Gasteiger partial charge in [0.25, 0.3) is 5.56 Å². The van der Waals surface area contributed by atoms with Crippen LogP contribution in [0.4, 0.5) is 0 Å². The molecular weight excluding hydrogens is 426 g/mol. The Hall–Kier alpha value is -1.94. The maximum atomic E-state index is 13.1. The van der Waals surface area contributed by atoms with E-state index in [0.717, 1.165) is 29.6 Å². The topological polar surface area (TPSA) is 91.9 Å². The van der Waals surface area contributed by atoms with Gasteiger partial charge in [0.2, 0.25) is 5.91 Å². The Bertz CT molecular complexity index is 1130. The van der Waals surface area contributed by atoms with Crippen LogP contribution in [0.3, 0.4) is 0 Å². The number of halogens is 1. The number of β-amino-alcohol motifs (C(OH)–C–C–N with tert-alkyl or cyclic N) is 1. The molecule has 30 heavy (non-hydrogen) atoms. The summed E-state index contributed by atoms with van der Waals surface area (Å²) in [7, 11) is 0. The van der Waals surface area contributed by atoms with Crippen LogP contribution in [0.1, 0.15) is 38.4 Å². The minimum Gasteiger partial charge on any atom is -0.395 e. The number of carbonyl (C=O) groups is 1. The molecule has 2 N–H and O–H groups in total. The van der Waals surface area contributed by atoms with E-state index in [1.54, 1.807) is 0 Å². The minimum absolute atomic E-state index is 0.0163. The van der Waals surface area contributed by atoms with Gasteiger partial charge in [-0.15, -0.1) is 11.3 Å². The van der Waals surface area contributed by atoms with Crippen molar-refractivity contribution in [1.82, 2.24) is 24.4 Å². The number of amides is 1. The Kier molecular flexibility index (Phi) is 6.15. The molecule has 1 aliphatic rings. The molecule has 0 aliphatic carbocycles. The molecule has 3 aromatic heterocycles. The van der Waals surface area contributed by atoms with Gasteiger partial charge < -0.3 is 10.4 Å². The van der Waals surface area contributed by atoms with Gasteiger partial charge in [-0.25, -0.2) is 4.68 Å². The van der Waals surface area contributed by atoms with Crippen molar-refractivity contribution in [2.45, 2.75) is 45.2 Å². The summed E-state index contributed by atoms with van der Waals surface area (Å²) in [6.07, 6.45) is 1.86. The fourth-order valence-electron chi connectivity index (χ4n) is 4.12. The van der Waals surface area contributed by atoms with Crippen molar-refractivity contribution in [3.63, 3.8) is 0 Å². The van der Waals surface area contributed by atoms with Crippen LogP contribution in [0.25, 0.3) is 15.7 Å². The van der Waals surface area contributed by atoms with Crippen molar-refractivity contribution < 1.29 is 9.90 Å². The lowest BCUT2D eigenvalue weighted by molar-refractivity contribution is -0.123. The first-order valence-corrected chi connectivity index (χ1v) is 11.4. The second-order valence-electron chi connectivity index (χ2n) is 8.07. The van der Waals surface area contributed by atoms with Crippen LogP contribution in [0.15, 0.2) is 16.9 Å². The van der Waals surface area contributed by atoms with Gasteiger partial charge in [-0.05, 0) is 31.5 Å².